The van der Waals surface area contributed by atoms with Gasteiger partial charge in [0.15, 0.2) is 0 Å². The van der Waals surface area contributed by atoms with E-state index in [2.05, 4.69) is 10.3 Å². The highest BCUT2D eigenvalue weighted by Crippen LogP contribution is 2.18. The highest BCUT2D eigenvalue weighted by Gasteiger charge is 2.09. The van der Waals surface area contributed by atoms with E-state index in [9.17, 15) is 14.0 Å². The third kappa shape index (κ3) is 4.95. The molecule has 1 amide bonds. The molecule has 1 N–H and O–H groups in total. The smallest absolute Gasteiger partial charge is 0.261 e. The maximum absolute atomic E-state index is 12.8. The van der Waals surface area contributed by atoms with Crippen molar-refractivity contribution in [2.75, 3.05) is 12.3 Å². The van der Waals surface area contributed by atoms with Gasteiger partial charge in [0.2, 0.25) is 5.91 Å². The Morgan fingerprint density at radius 3 is 2.78 bits per heavy atom. The Kier molecular flexibility index (Phi) is 6.24. The van der Waals surface area contributed by atoms with E-state index >= 15 is 0 Å². The highest BCUT2D eigenvalue weighted by molar-refractivity contribution is 7.99. The van der Waals surface area contributed by atoms with Crippen molar-refractivity contribution in [1.29, 1.82) is 0 Å². The minimum atomic E-state index is -0.250. The topological polar surface area (TPSA) is 64.0 Å². The van der Waals surface area contributed by atoms with Crippen LogP contribution in [0, 0.1) is 12.7 Å². The van der Waals surface area contributed by atoms with Crippen LogP contribution in [-0.4, -0.2) is 27.8 Å². The summed E-state index contributed by atoms with van der Waals surface area (Å²) in [5.41, 5.74) is 1.38. The Morgan fingerprint density at radius 2 is 2.00 bits per heavy atom. The quantitative estimate of drug-likeness (QED) is 0.501. The molecule has 0 aliphatic rings. The fourth-order valence-electron chi connectivity index (χ4n) is 2.68. The van der Waals surface area contributed by atoms with Gasteiger partial charge in [-0.15, -0.1) is 11.8 Å². The van der Waals surface area contributed by atoms with E-state index in [1.807, 2.05) is 19.1 Å². The van der Waals surface area contributed by atoms with Gasteiger partial charge in [-0.3, -0.25) is 14.2 Å². The van der Waals surface area contributed by atoms with Gasteiger partial charge in [0.05, 0.1) is 17.2 Å². The lowest BCUT2D eigenvalue weighted by molar-refractivity contribution is -0.121. The number of aryl methyl sites for hydroxylation is 1. The van der Waals surface area contributed by atoms with E-state index in [-0.39, 0.29) is 23.8 Å². The molecule has 0 unspecified atom stereocenters. The minimum Gasteiger partial charge on any atom is -0.355 e. The molecule has 7 heteroatoms. The summed E-state index contributed by atoms with van der Waals surface area (Å²) in [6, 6.07) is 11.8. The molecule has 0 radical (unpaired) electrons. The number of nitrogens with zero attached hydrogens (tertiary/aromatic N) is 2. The molecule has 0 saturated heterocycles. The standard InChI is InChI=1S/C20H20FN3O2S/c1-14-4-2-5-17-19(14)23-13-24(20(17)26)12-18(25)22-10-3-11-27-16-8-6-15(21)7-9-16/h2,4-9,13H,3,10-12H2,1H3,(H,22,25). The van der Waals surface area contributed by atoms with Crippen molar-refractivity contribution in [2.24, 2.45) is 0 Å². The summed E-state index contributed by atoms with van der Waals surface area (Å²) in [5.74, 6) is 0.334. The monoisotopic (exact) mass is 385 g/mol. The Balaban J connectivity index is 1.48. The Morgan fingerprint density at radius 1 is 1.22 bits per heavy atom. The third-order valence-corrected chi connectivity index (χ3v) is 5.19. The summed E-state index contributed by atoms with van der Waals surface area (Å²) < 4.78 is 14.2. The van der Waals surface area contributed by atoms with E-state index in [1.54, 1.807) is 30.0 Å². The van der Waals surface area contributed by atoms with Crippen LogP contribution in [0.15, 0.2) is 58.5 Å². The van der Waals surface area contributed by atoms with Gasteiger partial charge in [0.25, 0.3) is 5.56 Å². The second-order valence-corrected chi connectivity index (χ2v) is 7.32. The van der Waals surface area contributed by atoms with Crippen molar-refractivity contribution in [1.82, 2.24) is 14.9 Å². The van der Waals surface area contributed by atoms with E-state index in [0.29, 0.717) is 17.4 Å². The van der Waals surface area contributed by atoms with E-state index in [4.69, 9.17) is 0 Å². The molecule has 1 heterocycles. The predicted octanol–water partition coefficient (Wildman–Crippen LogP) is 3.14. The molecule has 5 nitrogen and oxygen atoms in total. The number of thioether (sulfide) groups is 1. The molecule has 140 valence electrons. The molecule has 0 saturated carbocycles. The molecule has 3 rings (SSSR count). The van der Waals surface area contributed by atoms with Crippen molar-refractivity contribution in [3.63, 3.8) is 0 Å². The lowest BCUT2D eigenvalue weighted by Gasteiger charge is -2.09. The Hall–Kier alpha value is -2.67. The van der Waals surface area contributed by atoms with Gasteiger partial charge >= 0.3 is 0 Å². The van der Waals surface area contributed by atoms with Gasteiger partial charge in [-0.25, -0.2) is 9.37 Å². The van der Waals surface area contributed by atoms with Gasteiger partial charge in [0.1, 0.15) is 12.4 Å². The van der Waals surface area contributed by atoms with Crippen molar-refractivity contribution >= 4 is 28.6 Å². The lowest BCUT2D eigenvalue weighted by Crippen LogP contribution is -2.33. The molecule has 0 atom stereocenters. The zero-order valence-electron chi connectivity index (χ0n) is 14.9. The number of aromatic nitrogens is 2. The summed E-state index contributed by atoms with van der Waals surface area (Å²) in [5, 5.41) is 3.33. The maximum Gasteiger partial charge on any atom is 0.261 e. The molecule has 2 aromatic carbocycles. The molecule has 0 spiro atoms. The van der Waals surface area contributed by atoms with Crippen LogP contribution in [0.25, 0.3) is 10.9 Å². The van der Waals surface area contributed by atoms with Crippen molar-refractivity contribution in [3.8, 4) is 0 Å². The van der Waals surface area contributed by atoms with Crippen LogP contribution in [0.5, 0.6) is 0 Å². The molecular weight excluding hydrogens is 365 g/mol. The van der Waals surface area contributed by atoms with Crippen LogP contribution in [0.2, 0.25) is 0 Å². The van der Waals surface area contributed by atoms with E-state index in [1.165, 1.54) is 23.0 Å². The number of rotatable bonds is 7. The minimum absolute atomic E-state index is 0.0547. The number of carbonyl (C=O) groups is 1. The lowest BCUT2D eigenvalue weighted by atomic mass is 10.1. The number of benzene rings is 2. The fraction of sp³-hybridized carbons (Fsp3) is 0.250. The van der Waals surface area contributed by atoms with Crippen LogP contribution in [0.1, 0.15) is 12.0 Å². The van der Waals surface area contributed by atoms with Crippen molar-refractivity contribution < 1.29 is 9.18 Å². The van der Waals surface area contributed by atoms with E-state index < -0.39 is 0 Å². The summed E-state index contributed by atoms with van der Waals surface area (Å²) >= 11 is 1.61. The van der Waals surface area contributed by atoms with Crippen molar-refractivity contribution in [3.05, 3.63) is 70.5 Å². The molecule has 0 bridgehead atoms. The van der Waals surface area contributed by atoms with Gasteiger partial charge in [-0.1, -0.05) is 12.1 Å². The third-order valence-electron chi connectivity index (χ3n) is 4.09. The number of amides is 1. The molecule has 1 aromatic heterocycles. The fourth-order valence-corrected chi connectivity index (χ4v) is 3.53. The normalized spacial score (nSPS) is 10.9. The first kappa shape index (κ1) is 19.1. The predicted molar refractivity (Wildman–Crippen MR) is 105 cm³/mol. The van der Waals surface area contributed by atoms with Crippen LogP contribution in [0.4, 0.5) is 4.39 Å². The molecule has 0 aliphatic heterocycles. The van der Waals surface area contributed by atoms with Gasteiger partial charge in [0, 0.05) is 11.4 Å². The van der Waals surface area contributed by atoms with Crippen LogP contribution < -0.4 is 10.9 Å². The SMILES string of the molecule is Cc1cccc2c(=O)n(CC(=O)NCCCSc3ccc(F)cc3)cnc12. The zero-order chi connectivity index (χ0) is 19.2. The number of nitrogens with one attached hydrogen (secondary N) is 1. The first-order valence-electron chi connectivity index (χ1n) is 8.64. The highest BCUT2D eigenvalue weighted by atomic mass is 32.2. The summed E-state index contributed by atoms with van der Waals surface area (Å²) in [6.45, 7) is 2.36. The summed E-state index contributed by atoms with van der Waals surface area (Å²) in [6.07, 6.45) is 2.19. The second-order valence-electron chi connectivity index (χ2n) is 6.15. The van der Waals surface area contributed by atoms with E-state index in [0.717, 1.165) is 22.6 Å². The zero-order valence-corrected chi connectivity index (χ0v) is 15.8. The maximum atomic E-state index is 12.8. The molecule has 0 fully saturated rings. The first-order valence-corrected chi connectivity index (χ1v) is 9.63. The second kappa shape index (κ2) is 8.81. The number of para-hydroxylation sites is 1. The van der Waals surface area contributed by atoms with Gasteiger partial charge < -0.3 is 5.32 Å². The van der Waals surface area contributed by atoms with Crippen LogP contribution >= 0.6 is 11.8 Å². The van der Waals surface area contributed by atoms with Gasteiger partial charge in [-0.2, -0.15) is 0 Å². The number of carbonyl (C=O) groups excluding carboxylic acids is 1. The average molecular weight is 385 g/mol. The van der Waals surface area contributed by atoms with Crippen LogP contribution in [0.3, 0.4) is 0 Å². The molecular formula is C20H20FN3O2S. The number of halogens is 1. The van der Waals surface area contributed by atoms with Crippen molar-refractivity contribution in [2.45, 2.75) is 24.8 Å². The molecule has 3 aromatic rings. The molecule has 0 aliphatic carbocycles. The Bertz CT molecular complexity index is 1000. The largest absolute Gasteiger partial charge is 0.355 e. The molecule has 27 heavy (non-hydrogen) atoms. The summed E-state index contributed by atoms with van der Waals surface area (Å²) in [4.78, 5) is 29.9. The summed E-state index contributed by atoms with van der Waals surface area (Å²) in [7, 11) is 0. The van der Waals surface area contributed by atoms with Crippen LogP contribution in [-0.2, 0) is 11.3 Å². The number of hydrogen-bond acceptors (Lipinski definition) is 4. The number of hydrogen-bond donors (Lipinski definition) is 1. The van der Waals surface area contributed by atoms with Gasteiger partial charge in [-0.05, 0) is 55.0 Å². The Labute approximate surface area is 160 Å². The first-order chi connectivity index (χ1) is 13.0. The number of fused-ring (bicyclic) bond motifs is 1. The average Bonchev–Trinajstić information content (AvgIpc) is 2.66.